The summed E-state index contributed by atoms with van der Waals surface area (Å²) < 4.78 is 2.05. The molecule has 27 heavy (non-hydrogen) atoms. The molecule has 140 valence electrons. The van der Waals surface area contributed by atoms with Gasteiger partial charge in [0.25, 0.3) is 0 Å². The Morgan fingerprint density at radius 2 is 1.85 bits per heavy atom. The number of hydrogen-bond donors (Lipinski definition) is 1. The molecule has 0 bridgehead atoms. The Bertz CT molecular complexity index is 927. The maximum atomic E-state index is 12.5. The number of hydrogen-bond acceptors (Lipinski definition) is 4. The Labute approximate surface area is 159 Å². The molecule has 0 atom stereocenters. The van der Waals surface area contributed by atoms with Crippen LogP contribution in [-0.2, 0) is 11.2 Å². The van der Waals surface area contributed by atoms with Crippen LogP contribution in [-0.4, -0.2) is 45.4 Å². The van der Waals surface area contributed by atoms with Crippen molar-refractivity contribution in [2.45, 2.75) is 32.2 Å². The molecule has 1 amide bonds. The molecule has 1 aliphatic heterocycles. The maximum Gasteiger partial charge on any atom is 0.238 e. The number of nitrogens with one attached hydrogen (secondary N) is 1. The van der Waals surface area contributed by atoms with E-state index in [9.17, 15) is 4.79 Å². The van der Waals surface area contributed by atoms with Crippen LogP contribution in [0.3, 0.4) is 0 Å². The fourth-order valence-corrected chi connectivity index (χ4v) is 3.82. The Hall–Kier alpha value is -2.73. The third kappa shape index (κ3) is 3.85. The average molecular weight is 363 g/mol. The van der Waals surface area contributed by atoms with E-state index >= 15 is 0 Å². The molecule has 4 rings (SSSR count). The van der Waals surface area contributed by atoms with Gasteiger partial charge in [-0.1, -0.05) is 42.5 Å². The quantitative estimate of drug-likeness (QED) is 0.756. The SMILES string of the molecule is CCc1ccccc1NC(=O)CN1CCC(n2nnc3ccccc32)CC1. The van der Waals surface area contributed by atoms with Crippen molar-refractivity contribution in [3.8, 4) is 0 Å². The van der Waals surface area contributed by atoms with Gasteiger partial charge in [-0.25, -0.2) is 4.68 Å². The second-order valence-electron chi connectivity index (χ2n) is 7.09. The molecule has 1 fully saturated rings. The molecule has 0 unspecified atom stereocenters. The molecule has 1 saturated heterocycles. The van der Waals surface area contributed by atoms with Gasteiger partial charge in [0.2, 0.25) is 5.91 Å². The van der Waals surface area contributed by atoms with E-state index in [-0.39, 0.29) is 5.91 Å². The number of aromatic nitrogens is 3. The molecule has 0 spiro atoms. The number of fused-ring (bicyclic) bond motifs is 1. The van der Waals surface area contributed by atoms with Gasteiger partial charge in [0.1, 0.15) is 5.52 Å². The summed E-state index contributed by atoms with van der Waals surface area (Å²) in [5.74, 6) is 0.0561. The first-order valence-electron chi connectivity index (χ1n) is 9.64. The number of anilines is 1. The molecule has 2 aromatic carbocycles. The van der Waals surface area contributed by atoms with Gasteiger partial charge < -0.3 is 5.32 Å². The number of para-hydroxylation sites is 2. The van der Waals surface area contributed by atoms with Crippen molar-refractivity contribution in [3.63, 3.8) is 0 Å². The second-order valence-corrected chi connectivity index (χ2v) is 7.09. The molecule has 1 N–H and O–H groups in total. The van der Waals surface area contributed by atoms with E-state index in [1.54, 1.807) is 0 Å². The van der Waals surface area contributed by atoms with Crippen LogP contribution in [0.1, 0.15) is 31.4 Å². The van der Waals surface area contributed by atoms with Crippen molar-refractivity contribution in [3.05, 3.63) is 54.1 Å². The monoisotopic (exact) mass is 363 g/mol. The van der Waals surface area contributed by atoms with Crippen LogP contribution in [0.2, 0.25) is 0 Å². The van der Waals surface area contributed by atoms with Crippen LogP contribution >= 0.6 is 0 Å². The summed E-state index contributed by atoms with van der Waals surface area (Å²) in [7, 11) is 0. The topological polar surface area (TPSA) is 63.1 Å². The highest BCUT2D eigenvalue weighted by Gasteiger charge is 2.24. The van der Waals surface area contributed by atoms with Crippen molar-refractivity contribution in [1.82, 2.24) is 19.9 Å². The molecule has 1 aliphatic rings. The van der Waals surface area contributed by atoms with E-state index in [2.05, 4.69) is 39.6 Å². The molecule has 0 saturated carbocycles. The number of nitrogens with zero attached hydrogens (tertiary/aromatic N) is 4. The maximum absolute atomic E-state index is 12.5. The zero-order chi connectivity index (χ0) is 18.6. The first-order valence-corrected chi connectivity index (χ1v) is 9.64. The van der Waals surface area contributed by atoms with Crippen molar-refractivity contribution < 1.29 is 4.79 Å². The Morgan fingerprint density at radius 1 is 1.11 bits per heavy atom. The normalized spacial score (nSPS) is 15.9. The molecular weight excluding hydrogens is 338 g/mol. The van der Waals surface area contributed by atoms with Crippen LogP contribution in [0.25, 0.3) is 11.0 Å². The number of likely N-dealkylation sites (tertiary alicyclic amines) is 1. The van der Waals surface area contributed by atoms with E-state index < -0.39 is 0 Å². The fraction of sp³-hybridized carbons (Fsp3) is 0.381. The predicted molar refractivity (Wildman–Crippen MR) is 107 cm³/mol. The van der Waals surface area contributed by atoms with Crippen molar-refractivity contribution in [2.75, 3.05) is 25.0 Å². The highest BCUT2D eigenvalue weighted by molar-refractivity contribution is 5.93. The van der Waals surface area contributed by atoms with Crippen molar-refractivity contribution in [2.24, 2.45) is 0 Å². The van der Waals surface area contributed by atoms with Crippen LogP contribution in [0.4, 0.5) is 5.69 Å². The van der Waals surface area contributed by atoms with Crippen LogP contribution < -0.4 is 5.32 Å². The van der Waals surface area contributed by atoms with Crippen LogP contribution in [0.15, 0.2) is 48.5 Å². The minimum atomic E-state index is 0.0561. The van der Waals surface area contributed by atoms with Crippen molar-refractivity contribution >= 4 is 22.6 Å². The Morgan fingerprint density at radius 3 is 2.67 bits per heavy atom. The molecule has 3 aromatic rings. The summed E-state index contributed by atoms with van der Waals surface area (Å²) in [5.41, 5.74) is 4.12. The van der Waals surface area contributed by atoms with E-state index in [1.165, 1.54) is 5.56 Å². The minimum absolute atomic E-state index is 0.0561. The third-order valence-electron chi connectivity index (χ3n) is 5.32. The largest absolute Gasteiger partial charge is 0.325 e. The summed E-state index contributed by atoms with van der Waals surface area (Å²) in [4.78, 5) is 14.7. The highest BCUT2D eigenvalue weighted by atomic mass is 16.2. The third-order valence-corrected chi connectivity index (χ3v) is 5.32. The predicted octanol–water partition coefficient (Wildman–Crippen LogP) is 3.27. The molecular formula is C21H25N5O. The summed E-state index contributed by atoms with van der Waals surface area (Å²) in [6.07, 6.45) is 2.87. The fourth-order valence-electron chi connectivity index (χ4n) is 3.82. The molecule has 6 nitrogen and oxygen atoms in total. The summed E-state index contributed by atoms with van der Waals surface area (Å²) in [6, 6.07) is 16.4. The average Bonchev–Trinajstić information content (AvgIpc) is 3.13. The molecule has 0 aliphatic carbocycles. The number of aryl methyl sites for hydroxylation is 1. The van der Waals surface area contributed by atoms with Gasteiger partial charge in [-0.3, -0.25) is 9.69 Å². The lowest BCUT2D eigenvalue weighted by Crippen LogP contribution is -2.40. The first-order chi connectivity index (χ1) is 13.2. The standard InChI is InChI=1S/C21H25N5O/c1-2-16-7-3-4-8-18(16)22-21(27)15-25-13-11-17(12-14-25)26-20-10-6-5-9-19(20)23-24-26/h3-10,17H,2,11-15H2,1H3,(H,22,27). The van der Waals surface area contributed by atoms with Crippen LogP contribution in [0, 0.1) is 0 Å². The number of rotatable bonds is 5. The van der Waals surface area contributed by atoms with Gasteiger partial charge >= 0.3 is 0 Å². The lowest BCUT2D eigenvalue weighted by Gasteiger charge is -2.31. The van der Waals surface area contributed by atoms with Crippen LogP contribution in [0.5, 0.6) is 0 Å². The summed E-state index contributed by atoms with van der Waals surface area (Å²) >= 11 is 0. The highest BCUT2D eigenvalue weighted by Crippen LogP contribution is 2.25. The van der Waals surface area contributed by atoms with Gasteiger partial charge in [0, 0.05) is 18.8 Å². The van der Waals surface area contributed by atoms with Gasteiger partial charge in [-0.15, -0.1) is 5.10 Å². The Kier molecular flexibility index (Phi) is 5.16. The van der Waals surface area contributed by atoms with Gasteiger partial charge in [0.05, 0.1) is 18.1 Å². The van der Waals surface area contributed by atoms with E-state index in [0.717, 1.165) is 49.1 Å². The van der Waals surface area contributed by atoms with Gasteiger partial charge in [-0.2, -0.15) is 0 Å². The molecule has 6 heteroatoms. The number of benzene rings is 2. The van der Waals surface area contributed by atoms with E-state index in [0.29, 0.717) is 12.6 Å². The lowest BCUT2D eigenvalue weighted by molar-refractivity contribution is -0.117. The van der Waals surface area contributed by atoms with Gasteiger partial charge in [0.15, 0.2) is 0 Å². The first kappa shape index (κ1) is 17.7. The Balaban J connectivity index is 1.33. The van der Waals surface area contributed by atoms with Gasteiger partial charge in [-0.05, 0) is 43.0 Å². The zero-order valence-corrected chi connectivity index (χ0v) is 15.6. The van der Waals surface area contributed by atoms with E-state index in [1.807, 2.05) is 41.1 Å². The number of amides is 1. The molecule has 0 radical (unpaired) electrons. The lowest BCUT2D eigenvalue weighted by atomic mass is 10.0. The number of carbonyl (C=O) groups excluding carboxylic acids is 1. The number of carbonyl (C=O) groups is 1. The molecule has 1 aromatic heterocycles. The van der Waals surface area contributed by atoms with E-state index in [4.69, 9.17) is 0 Å². The summed E-state index contributed by atoms with van der Waals surface area (Å²) in [5, 5.41) is 11.7. The number of piperidine rings is 1. The smallest absolute Gasteiger partial charge is 0.238 e. The zero-order valence-electron chi connectivity index (χ0n) is 15.6. The minimum Gasteiger partial charge on any atom is -0.325 e. The summed E-state index contributed by atoms with van der Waals surface area (Å²) in [6.45, 7) is 4.32. The second kappa shape index (κ2) is 7.88. The van der Waals surface area contributed by atoms with Crippen molar-refractivity contribution in [1.29, 1.82) is 0 Å². The molecule has 2 heterocycles.